The third kappa shape index (κ3) is 2.08. The van der Waals surface area contributed by atoms with Gasteiger partial charge in [0.2, 0.25) is 5.09 Å². The summed E-state index contributed by atoms with van der Waals surface area (Å²) in [5.41, 5.74) is 0.596. The number of furan rings is 1. The van der Waals surface area contributed by atoms with Gasteiger partial charge in [-0.3, -0.25) is 0 Å². The molecule has 0 bridgehead atoms. The molecule has 2 aromatic rings. The summed E-state index contributed by atoms with van der Waals surface area (Å²) in [6.07, 6.45) is 0. The maximum atomic E-state index is 12.2. The van der Waals surface area contributed by atoms with Crippen molar-refractivity contribution in [3.05, 3.63) is 30.3 Å². The molecule has 92 valence electrons. The van der Waals surface area contributed by atoms with Gasteiger partial charge in [0.15, 0.2) is 0 Å². The number of hydrogen-bond donors (Lipinski definition) is 0. The van der Waals surface area contributed by atoms with Gasteiger partial charge < -0.3 is 4.42 Å². The van der Waals surface area contributed by atoms with Gasteiger partial charge in [-0.05, 0) is 6.07 Å². The predicted octanol–water partition coefficient (Wildman–Crippen LogP) is 2.46. The van der Waals surface area contributed by atoms with E-state index < -0.39 is 10.0 Å². The molecule has 0 fully saturated rings. The number of benzene rings is 1. The van der Waals surface area contributed by atoms with Crippen LogP contribution in [0.4, 0.5) is 0 Å². The average molecular weight is 253 g/mol. The molecule has 0 radical (unpaired) electrons. The second kappa shape index (κ2) is 4.50. The van der Waals surface area contributed by atoms with Crippen molar-refractivity contribution >= 4 is 21.0 Å². The quantitative estimate of drug-likeness (QED) is 0.841. The Morgan fingerprint density at radius 2 is 1.82 bits per heavy atom. The van der Waals surface area contributed by atoms with E-state index in [0.717, 1.165) is 5.39 Å². The van der Waals surface area contributed by atoms with E-state index in [1.807, 2.05) is 32.0 Å². The van der Waals surface area contributed by atoms with Gasteiger partial charge in [0.05, 0.1) is 0 Å². The Morgan fingerprint density at radius 1 is 1.18 bits per heavy atom. The Hall–Kier alpha value is -1.33. The first-order valence-electron chi connectivity index (χ1n) is 5.58. The minimum absolute atomic E-state index is 0.0161. The van der Waals surface area contributed by atoms with Crippen LogP contribution in [0.3, 0.4) is 0 Å². The molecule has 0 aliphatic rings. The first-order chi connectivity index (χ1) is 8.09. The van der Waals surface area contributed by atoms with Crippen molar-refractivity contribution in [2.75, 3.05) is 13.1 Å². The maximum absolute atomic E-state index is 12.2. The van der Waals surface area contributed by atoms with Crippen LogP contribution in [-0.4, -0.2) is 25.8 Å². The van der Waals surface area contributed by atoms with Crippen LogP contribution in [-0.2, 0) is 10.0 Å². The van der Waals surface area contributed by atoms with Crippen molar-refractivity contribution < 1.29 is 12.8 Å². The molecule has 0 unspecified atom stereocenters. The first kappa shape index (κ1) is 12.1. The van der Waals surface area contributed by atoms with E-state index in [1.54, 1.807) is 12.1 Å². The van der Waals surface area contributed by atoms with Gasteiger partial charge in [0, 0.05) is 24.5 Å². The lowest BCUT2D eigenvalue weighted by Crippen LogP contribution is -2.30. The molecule has 0 atom stereocenters. The molecule has 4 nitrogen and oxygen atoms in total. The Labute approximate surface area is 101 Å². The topological polar surface area (TPSA) is 50.5 Å². The molecule has 17 heavy (non-hydrogen) atoms. The van der Waals surface area contributed by atoms with Gasteiger partial charge >= 0.3 is 0 Å². The third-order valence-corrected chi connectivity index (χ3v) is 4.61. The van der Waals surface area contributed by atoms with Gasteiger partial charge in [-0.2, -0.15) is 4.31 Å². The molecule has 5 heteroatoms. The molecule has 0 amide bonds. The van der Waals surface area contributed by atoms with Crippen LogP contribution in [0.1, 0.15) is 13.8 Å². The van der Waals surface area contributed by atoms with Crippen molar-refractivity contribution in [3.63, 3.8) is 0 Å². The lowest BCUT2D eigenvalue weighted by Gasteiger charge is -2.15. The summed E-state index contributed by atoms with van der Waals surface area (Å²) < 4.78 is 31.2. The Kier molecular flexibility index (Phi) is 3.22. The largest absolute Gasteiger partial charge is 0.443 e. The van der Waals surface area contributed by atoms with Gasteiger partial charge in [-0.25, -0.2) is 8.42 Å². The highest BCUT2D eigenvalue weighted by Gasteiger charge is 2.25. The van der Waals surface area contributed by atoms with E-state index in [2.05, 4.69) is 0 Å². The van der Waals surface area contributed by atoms with E-state index in [4.69, 9.17) is 4.42 Å². The van der Waals surface area contributed by atoms with E-state index in [-0.39, 0.29) is 5.09 Å². The number of rotatable bonds is 4. The molecule has 0 saturated carbocycles. The van der Waals surface area contributed by atoms with Crippen molar-refractivity contribution in [2.24, 2.45) is 0 Å². The average Bonchev–Trinajstić information content (AvgIpc) is 2.74. The summed E-state index contributed by atoms with van der Waals surface area (Å²) in [7, 11) is -3.50. The summed E-state index contributed by atoms with van der Waals surface area (Å²) in [5, 5.41) is 0.820. The highest BCUT2D eigenvalue weighted by atomic mass is 32.2. The van der Waals surface area contributed by atoms with Crippen molar-refractivity contribution in [1.82, 2.24) is 4.31 Å². The van der Waals surface area contributed by atoms with E-state index in [1.165, 1.54) is 4.31 Å². The van der Waals surface area contributed by atoms with Crippen molar-refractivity contribution in [3.8, 4) is 0 Å². The molecule has 1 aromatic carbocycles. The number of fused-ring (bicyclic) bond motifs is 1. The van der Waals surface area contributed by atoms with Crippen molar-refractivity contribution in [2.45, 2.75) is 18.9 Å². The van der Waals surface area contributed by atoms with Crippen LogP contribution in [0.5, 0.6) is 0 Å². The normalized spacial score (nSPS) is 12.4. The molecule has 0 aliphatic carbocycles. The lowest BCUT2D eigenvalue weighted by molar-refractivity contribution is 0.409. The van der Waals surface area contributed by atoms with Crippen LogP contribution >= 0.6 is 0 Å². The van der Waals surface area contributed by atoms with Crippen LogP contribution < -0.4 is 0 Å². The number of para-hydroxylation sites is 1. The zero-order chi connectivity index (χ0) is 12.5. The first-order valence-corrected chi connectivity index (χ1v) is 7.02. The monoisotopic (exact) mass is 253 g/mol. The van der Waals surface area contributed by atoms with E-state index in [9.17, 15) is 8.42 Å². The summed E-state index contributed by atoms with van der Waals surface area (Å²) in [5.74, 6) is 0. The Bertz CT molecular complexity index is 578. The molecule has 0 N–H and O–H groups in total. The maximum Gasteiger partial charge on any atom is 0.276 e. The van der Waals surface area contributed by atoms with Gasteiger partial charge in [0.1, 0.15) is 5.58 Å². The van der Waals surface area contributed by atoms with Crippen LogP contribution in [0, 0.1) is 0 Å². The van der Waals surface area contributed by atoms with Crippen LogP contribution in [0.2, 0.25) is 0 Å². The van der Waals surface area contributed by atoms with Gasteiger partial charge in [-0.1, -0.05) is 32.0 Å². The van der Waals surface area contributed by atoms with Gasteiger partial charge in [0.25, 0.3) is 10.0 Å². The minimum Gasteiger partial charge on any atom is -0.443 e. The smallest absolute Gasteiger partial charge is 0.276 e. The standard InChI is InChI=1S/C12H15NO3S/c1-3-13(4-2)17(14,15)12-9-10-7-5-6-8-11(10)16-12/h5-9H,3-4H2,1-2H3. The highest BCUT2D eigenvalue weighted by molar-refractivity contribution is 7.89. The summed E-state index contributed by atoms with van der Waals surface area (Å²) in [6.45, 7) is 4.50. The summed E-state index contributed by atoms with van der Waals surface area (Å²) in [4.78, 5) is 0. The SMILES string of the molecule is CCN(CC)S(=O)(=O)c1cc2ccccc2o1. The fourth-order valence-electron chi connectivity index (χ4n) is 1.78. The van der Waals surface area contributed by atoms with Crippen LogP contribution in [0.25, 0.3) is 11.0 Å². The zero-order valence-electron chi connectivity index (χ0n) is 9.88. The fraction of sp³-hybridized carbons (Fsp3) is 0.333. The van der Waals surface area contributed by atoms with E-state index >= 15 is 0 Å². The molecule has 0 aliphatic heterocycles. The Morgan fingerprint density at radius 3 is 2.41 bits per heavy atom. The highest BCUT2D eigenvalue weighted by Crippen LogP contribution is 2.24. The molecule has 2 rings (SSSR count). The molecule has 1 heterocycles. The molecular formula is C12H15NO3S. The molecular weight excluding hydrogens is 238 g/mol. The van der Waals surface area contributed by atoms with Crippen molar-refractivity contribution in [1.29, 1.82) is 0 Å². The number of nitrogens with zero attached hydrogens (tertiary/aromatic N) is 1. The minimum atomic E-state index is -3.50. The van der Waals surface area contributed by atoms with Crippen LogP contribution in [0.15, 0.2) is 39.8 Å². The van der Waals surface area contributed by atoms with E-state index in [0.29, 0.717) is 18.7 Å². The lowest BCUT2D eigenvalue weighted by atomic mass is 10.3. The van der Waals surface area contributed by atoms with Gasteiger partial charge in [-0.15, -0.1) is 0 Å². The molecule has 0 saturated heterocycles. The third-order valence-electron chi connectivity index (χ3n) is 2.70. The summed E-state index contributed by atoms with van der Waals surface area (Å²) >= 11 is 0. The molecule has 0 spiro atoms. The number of sulfonamides is 1. The predicted molar refractivity (Wildman–Crippen MR) is 66.3 cm³/mol. The second-order valence-electron chi connectivity index (χ2n) is 3.69. The number of hydrogen-bond acceptors (Lipinski definition) is 3. The zero-order valence-corrected chi connectivity index (χ0v) is 10.7. The molecule has 1 aromatic heterocycles. The second-order valence-corrected chi connectivity index (χ2v) is 5.56. The Balaban J connectivity index is 2.52. The fourth-order valence-corrected chi connectivity index (χ4v) is 3.18. The summed E-state index contributed by atoms with van der Waals surface area (Å²) in [6, 6.07) is 8.84.